The molecule has 0 amide bonds. The first-order valence-electron chi connectivity index (χ1n) is 4.38. The number of hydrogen-bond donors (Lipinski definition) is 1. The predicted molar refractivity (Wildman–Crippen MR) is 53.6 cm³/mol. The molecule has 2 unspecified atom stereocenters. The second-order valence-electron chi connectivity index (χ2n) is 3.15. The van der Waals surface area contributed by atoms with E-state index in [0.29, 0.717) is 0 Å². The van der Waals surface area contributed by atoms with Crippen LogP contribution in [-0.4, -0.2) is 15.8 Å². The standard InChI is InChI=1S/C8H6NO7P/c10-7-6-3-4(9(11)12)1-2-5(6)8(15-7)16-17(13)14/h1-3,8,17H,(H,13,14). The Labute approximate surface area is 94.9 Å². The highest BCUT2D eigenvalue weighted by Gasteiger charge is 2.34. The molecule has 0 fully saturated rings. The van der Waals surface area contributed by atoms with E-state index >= 15 is 0 Å². The smallest absolute Gasteiger partial charge is 0.341 e. The number of fused-ring (bicyclic) bond motifs is 1. The summed E-state index contributed by atoms with van der Waals surface area (Å²) in [5.74, 6) is -0.822. The van der Waals surface area contributed by atoms with Crippen molar-refractivity contribution in [2.45, 2.75) is 6.29 Å². The molecule has 0 bridgehead atoms. The first-order valence-corrected chi connectivity index (χ1v) is 5.64. The average molecular weight is 259 g/mol. The van der Waals surface area contributed by atoms with E-state index in [-0.39, 0.29) is 16.8 Å². The maximum Gasteiger partial charge on any atom is 0.341 e. The van der Waals surface area contributed by atoms with Gasteiger partial charge in [-0.1, -0.05) is 0 Å². The summed E-state index contributed by atoms with van der Waals surface area (Å²) < 4.78 is 19.7. The van der Waals surface area contributed by atoms with E-state index in [1.54, 1.807) is 0 Å². The largest absolute Gasteiger partial charge is 0.427 e. The molecule has 1 aromatic carbocycles. The van der Waals surface area contributed by atoms with E-state index in [9.17, 15) is 19.5 Å². The highest BCUT2D eigenvalue weighted by Crippen LogP contribution is 2.38. The lowest BCUT2D eigenvalue weighted by Crippen LogP contribution is -1.98. The van der Waals surface area contributed by atoms with Crippen molar-refractivity contribution in [1.82, 2.24) is 0 Å². The molecule has 90 valence electrons. The fraction of sp³-hybridized carbons (Fsp3) is 0.125. The molecule has 1 aliphatic rings. The van der Waals surface area contributed by atoms with Crippen LogP contribution in [0.4, 0.5) is 5.69 Å². The Balaban J connectivity index is 2.40. The number of rotatable bonds is 3. The quantitative estimate of drug-likeness (QED) is 0.374. The van der Waals surface area contributed by atoms with Crippen LogP contribution in [0.15, 0.2) is 18.2 Å². The second-order valence-corrected chi connectivity index (χ2v) is 3.92. The number of ether oxygens (including phenoxy) is 1. The Hall–Kier alpha value is -1.76. The molecule has 1 aliphatic heterocycles. The van der Waals surface area contributed by atoms with E-state index < -0.39 is 25.4 Å². The molecule has 8 nitrogen and oxygen atoms in total. The van der Waals surface area contributed by atoms with Gasteiger partial charge >= 0.3 is 14.2 Å². The van der Waals surface area contributed by atoms with E-state index in [1.807, 2.05) is 0 Å². The molecule has 1 aromatic rings. The third kappa shape index (κ3) is 2.19. The van der Waals surface area contributed by atoms with Crippen LogP contribution in [0.1, 0.15) is 22.2 Å². The third-order valence-corrected chi connectivity index (χ3v) is 2.56. The third-order valence-electron chi connectivity index (χ3n) is 2.14. The van der Waals surface area contributed by atoms with Gasteiger partial charge in [-0.25, -0.2) is 4.79 Å². The molecule has 0 radical (unpaired) electrons. The Bertz CT molecular complexity index is 529. The molecular weight excluding hydrogens is 253 g/mol. The number of carbonyl (C=O) groups excluding carboxylic acids is 1. The van der Waals surface area contributed by atoms with E-state index in [2.05, 4.69) is 9.26 Å². The van der Waals surface area contributed by atoms with Crippen LogP contribution in [0, 0.1) is 10.1 Å². The fourth-order valence-electron chi connectivity index (χ4n) is 1.44. The van der Waals surface area contributed by atoms with Gasteiger partial charge in [0.1, 0.15) is 0 Å². The number of nitrogens with zero attached hydrogens (tertiary/aromatic N) is 1. The number of esters is 1. The van der Waals surface area contributed by atoms with E-state index in [0.717, 1.165) is 12.1 Å². The van der Waals surface area contributed by atoms with Gasteiger partial charge in [-0.3, -0.25) is 19.2 Å². The van der Waals surface area contributed by atoms with Gasteiger partial charge in [-0.2, -0.15) is 0 Å². The van der Waals surface area contributed by atoms with Crippen LogP contribution in [-0.2, 0) is 13.8 Å². The average Bonchev–Trinajstić information content (AvgIpc) is 2.54. The van der Waals surface area contributed by atoms with Crippen molar-refractivity contribution in [3.8, 4) is 0 Å². The van der Waals surface area contributed by atoms with E-state index in [1.165, 1.54) is 6.07 Å². The van der Waals surface area contributed by atoms with Gasteiger partial charge in [0, 0.05) is 17.7 Å². The number of carbonyl (C=O) groups is 1. The molecule has 1 N–H and O–H groups in total. The topological polar surface area (TPSA) is 116 Å². The molecule has 0 spiro atoms. The van der Waals surface area contributed by atoms with Gasteiger partial charge in [0.05, 0.1) is 10.5 Å². The van der Waals surface area contributed by atoms with Crippen LogP contribution >= 0.6 is 8.25 Å². The van der Waals surface area contributed by atoms with Crippen LogP contribution in [0.2, 0.25) is 0 Å². The van der Waals surface area contributed by atoms with Crippen LogP contribution in [0.3, 0.4) is 0 Å². The Morgan fingerprint density at radius 2 is 2.24 bits per heavy atom. The van der Waals surface area contributed by atoms with Crippen LogP contribution in [0.5, 0.6) is 0 Å². The maximum atomic E-state index is 11.3. The first kappa shape index (κ1) is 11.7. The summed E-state index contributed by atoms with van der Waals surface area (Å²) in [6, 6.07) is 3.45. The minimum Gasteiger partial charge on any atom is -0.427 e. The van der Waals surface area contributed by atoms with Gasteiger partial charge in [-0.15, -0.1) is 0 Å². The summed E-state index contributed by atoms with van der Waals surface area (Å²) in [6.45, 7) is 0. The fourth-order valence-corrected chi connectivity index (χ4v) is 1.80. The predicted octanol–water partition coefficient (Wildman–Crippen LogP) is 1.16. The lowest BCUT2D eigenvalue weighted by Gasteiger charge is -2.08. The van der Waals surface area contributed by atoms with Crippen LogP contribution in [0.25, 0.3) is 0 Å². The highest BCUT2D eigenvalue weighted by atomic mass is 31.1. The Kier molecular flexibility index (Phi) is 2.93. The molecule has 0 saturated carbocycles. The monoisotopic (exact) mass is 259 g/mol. The summed E-state index contributed by atoms with van der Waals surface area (Å²) in [5, 5.41) is 10.5. The van der Waals surface area contributed by atoms with Crippen molar-refractivity contribution in [1.29, 1.82) is 0 Å². The zero-order valence-electron chi connectivity index (χ0n) is 8.15. The van der Waals surface area contributed by atoms with Crippen molar-refractivity contribution in [3.05, 3.63) is 39.4 Å². The summed E-state index contributed by atoms with van der Waals surface area (Å²) in [4.78, 5) is 29.8. The molecular formula is C8H6NO7P. The number of hydrogen-bond acceptors (Lipinski definition) is 6. The van der Waals surface area contributed by atoms with Crippen LogP contribution < -0.4 is 0 Å². The lowest BCUT2D eigenvalue weighted by molar-refractivity contribution is -0.384. The maximum absolute atomic E-state index is 11.3. The summed E-state index contributed by atoms with van der Waals surface area (Å²) in [6.07, 6.45) is -1.28. The van der Waals surface area contributed by atoms with Gasteiger partial charge in [0.2, 0.25) is 6.29 Å². The van der Waals surface area contributed by atoms with Crippen molar-refractivity contribution < 1.29 is 28.4 Å². The second kappa shape index (κ2) is 4.25. The lowest BCUT2D eigenvalue weighted by atomic mass is 10.1. The zero-order valence-corrected chi connectivity index (χ0v) is 9.15. The minimum absolute atomic E-state index is 0.0348. The number of benzene rings is 1. The number of nitro benzene ring substituents is 1. The van der Waals surface area contributed by atoms with Gasteiger partial charge in [-0.05, 0) is 6.07 Å². The SMILES string of the molecule is O=C1OC(O[PH](=O)O)c2ccc([N+](=O)[O-])cc21. The number of cyclic esters (lactones) is 1. The highest BCUT2D eigenvalue weighted by molar-refractivity contribution is 7.32. The number of non-ortho nitro benzene ring substituents is 1. The van der Waals surface area contributed by atoms with E-state index in [4.69, 9.17) is 4.89 Å². The van der Waals surface area contributed by atoms with Crippen molar-refractivity contribution in [3.63, 3.8) is 0 Å². The minimum atomic E-state index is -3.27. The zero-order chi connectivity index (χ0) is 12.6. The van der Waals surface area contributed by atoms with Gasteiger partial charge < -0.3 is 9.63 Å². The molecule has 0 aliphatic carbocycles. The van der Waals surface area contributed by atoms with Crippen molar-refractivity contribution in [2.75, 3.05) is 0 Å². The molecule has 0 saturated heterocycles. The molecule has 0 aromatic heterocycles. The van der Waals surface area contributed by atoms with Gasteiger partial charge in [0.25, 0.3) is 5.69 Å². The molecule has 1 heterocycles. The first-order chi connectivity index (χ1) is 7.99. The number of nitro groups is 1. The summed E-state index contributed by atoms with van der Waals surface area (Å²) >= 11 is 0. The molecule has 17 heavy (non-hydrogen) atoms. The molecule has 9 heteroatoms. The van der Waals surface area contributed by atoms with Gasteiger partial charge in [0.15, 0.2) is 0 Å². The molecule has 2 rings (SSSR count). The summed E-state index contributed by atoms with van der Waals surface area (Å²) in [5.41, 5.74) is -0.0987. The Morgan fingerprint density at radius 3 is 2.82 bits per heavy atom. The molecule has 2 atom stereocenters. The Morgan fingerprint density at radius 1 is 1.53 bits per heavy atom. The summed E-state index contributed by atoms with van der Waals surface area (Å²) in [7, 11) is -3.27. The van der Waals surface area contributed by atoms with Crippen molar-refractivity contribution >= 4 is 19.9 Å². The normalized spacial score (nSPS) is 19.6. The van der Waals surface area contributed by atoms with Crippen molar-refractivity contribution in [2.24, 2.45) is 0 Å².